The normalized spacial score (nSPS) is 28.2. The van der Waals surface area contributed by atoms with Crippen molar-refractivity contribution in [3.63, 3.8) is 0 Å². The van der Waals surface area contributed by atoms with Crippen molar-refractivity contribution in [2.45, 2.75) is 44.8 Å². The number of amides is 1. The molecule has 3 nitrogen and oxygen atoms in total. The van der Waals surface area contributed by atoms with Gasteiger partial charge in [-0.2, -0.15) is 13.2 Å². The molecule has 2 aliphatic rings. The lowest BCUT2D eigenvalue weighted by Gasteiger charge is -2.42. The van der Waals surface area contributed by atoms with Crippen molar-refractivity contribution < 1.29 is 18.0 Å². The number of likely N-dealkylation sites (tertiary alicyclic amines) is 1. The van der Waals surface area contributed by atoms with Gasteiger partial charge in [0.1, 0.15) is 0 Å². The molecule has 1 aromatic rings. The van der Waals surface area contributed by atoms with E-state index in [0.29, 0.717) is 25.1 Å². The molecule has 0 radical (unpaired) electrons. The topological polar surface area (TPSA) is 46.3 Å². The van der Waals surface area contributed by atoms with Crippen LogP contribution in [0.2, 0.25) is 0 Å². The number of nitrogens with zero attached hydrogens (tertiary/aromatic N) is 1. The Balaban J connectivity index is 0.00000225. The summed E-state index contributed by atoms with van der Waals surface area (Å²) in [5.74, 6) is -0.241. The minimum absolute atomic E-state index is 0. The van der Waals surface area contributed by atoms with Crippen molar-refractivity contribution in [3.05, 3.63) is 35.4 Å². The van der Waals surface area contributed by atoms with Gasteiger partial charge >= 0.3 is 6.18 Å². The number of hydrogen-bond donors (Lipinski definition) is 1. The number of hydrogen-bond acceptors (Lipinski definition) is 2. The molecule has 140 valence electrons. The van der Waals surface area contributed by atoms with Gasteiger partial charge in [-0.25, -0.2) is 0 Å². The van der Waals surface area contributed by atoms with E-state index in [1.807, 2.05) is 18.7 Å². The zero-order valence-electron chi connectivity index (χ0n) is 14.3. The van der Waals surface area contributed by atoms with Crippen LogP contribution < -0.4 is 5.73 Å². The molecule has 1 amide bonds. The van der Waals surface area contributed by atoms with E-state index in [1.54, 1.807) is 6.07 Å². The number of benzene rings is 1. The quantitative estimate of drug-likeness (QED) is 0.853. The SMILES string of the molecule is CC1(C)CN(C(=O)C2CC2c2cccc(C(F)(F)F)c2)CCC1N.Cl. The van der Waals surface area contributed by atoms with E-state index in [9.17, 15) is 18.0 Å². The summed E-state index contributed by atoms with van der Waals surface area (Å²) >= 11 is 0. The van der Waals surface area contributed by atoms with E-state index in [-0.39, 0.29) is 41.6 Å². The summed E-state index contributed by atoms with van der Waals surface area (Å²) < 4.78 is 38.5. The molecule has 3 rings (SSSR count). The Morgan fingerprint density at radius 1 is 1.32 bits per heavy atom. The lowest BCUT2D eigenvalue weighted by molar-refractivity contribution is -0.137. The van der Waals surface area contributed by atoms with E-state index in [0.717, 1.165) is 12.5 Å². The molecule has 3 unspecified atom stereocenters. The number of halogens is 4. The molecule has 25 heavy (non-hydrogen) atoms. The maximum Gasteiger partial charge on any atom is 0.416 e. The Labute approximate surface area is 152 Å². The van der Waals surface area contributed by atoms with Crippen LogP contribution in [0.3, 0.4) is 0 Å². The lowest BCUT2D eigenvalue weighted by atomic mass is 9.79. The molecule has 0 aromatic heterocycles. The summed E-state index contributed by atoms with van der Waals surface area (Å²) in [6.45, 7) is 5.34. The number of rotatable bonds is 2. The molecule has 3 atom stereocenters. The van der Waals surface area contributed by atoms with E-state index in [4.69, 9.17) is 5.73 Å². The van der Waals surface area contributed by atoms with Crippen molar-refractivity contribution >= 4 is 18.3 Å². The predicted octanol–water partition coefficient (Wildman–Crippen LogP) is 3.82. The van der Waals surface area contributed by atoms with Gasteiger partial charge in [-0.05, 0) is 35.8 Å². The third kappa shape index (κ3) is 4.11. The first kappa shape index (κ1) is 20.0. The first-order valence-electron chi connectivity index (χ1n) is 8.31. The van der Waals surface area contributed by atoms with Crippen LogP contribution in [0.1, 0.15) is 43.7 Å². The Bertz CT molecular complexity index is 647. The molecule has 0 bridgehead atoms. The average molecular weight is 377 g/mol. The van der Waals surface area contributed by atoms with Crippen LogP contribution in [0.4, 0.5) is 13.2 Å². The van der Waals surface area contributed by atoms with Gasteiger partial charge in [-0.1, -0.05) is 32.0 Å². The summed E-state index contributed by atoms with van der Waals surface area (Å²) in [6.07, 6.45) is -2.96. The van der Waals surface area contributed by atoms with Crippen molar-refractivity contribution in [2.24, 2.45) is 17.1 Å². The van der Waals surface area contributed by atoms with Gasteiger partial charge in [-0.3, -0.25) is 4.79 Å². The molecule has 1 saturated carbocycles. The third-order valence-electron chi connectivity index (χ3n) is 5.37. The van der Waals surface area contributed by atoms with Crippen molar-refractivity contribution in [1.29, 1.82) is 0 Å². The highest BCUT2D eigenvalue weighted by molar-refractivity contribution is 5.85. The minimum Gasteiger partial charge on any atom is -0.342 e. The van der Waals surface area contributed by atoms with Crippen LogP contribution in [-0.2, 0) is 11.0 Å². The first-order valence-corrected chi connectivity index (χ1v) is 8.31. The van der Waals surface area contributed by atoms with E-state index in [1.165, 1.54) is 12.1 Å². The highest BCUT2D eigenvalue weighted by atomic mass is 35.5. The molecule has 0 spiro atoms. The molecule has 7 heteroatoms. The molecule has 2 N–H and O–H groups in total. The number of alkyl halides is 3. The molecular weight excluding hydrogens is 353 g/mol. The van der Waals surface area contributed by atoms with Gasteiger partial charge in [0.15, 0.2) is 0 Å². The summed E-state index contributed by atoms with van der Waals surface area (Å²) in [6, 6.07) is 5.41. The van der Waals surface area contributed by atoms with E-state index in [2.05, 4.69) is 0 Å². The largest absolute Gasteiger partial charge is 0.416 e. The molecule has 1 aliphatic heterocycles. The fourth-order valence-corrected chi connectivity index (χ4v) is 3.58. The van der Waals surface area contributed by atoms with Crippen molar-refractivity contribution in [1.82, 2.24) is 4.90 Å². The highest BCUT2D eigenvalue weighted by Crippen LogP contribution is 2.49. The monoisotopic (exact) mass is 376 g/mol. The summed E-state index contributed by atoms with van der Waals surface area (Å²) in [7, 11) is 0. The van der Waals surface area contributed by atoms with Crippen molar-refractivity contribution in [2.75, 3.05) is 13.1 Å². The van der Waals surface area contributed by atoms with E-state index < -0.39 is 11.7 Å². The van der Waals surface area contributed by atoms with Gasteiger partial charge in [-0.15, -0.1) is 12.4 Å². The Morgan fingerprint density at radius 3 is 2.60 bits per heavy atom. The fraction of sp³-hybridized carbons (Fsp3) is 0.611. The summed E-state index contributed by atoms with van der Waals surface area (Å²) in [4.78, 5) is 14.5. The van der Waals surface area contributed by atoms with Crippen LogP contribution in [-0.4, -0.2) is 29.9 Å². The summed E-state index contributed by atoms with van der Waals surface area (Å²) in [5, 5.41) is 0. The predicted molar refractivity (Wildman–Crippen MR) is 92.5 cm³/mol. The van der Waals surface area contributed by atoms with Gasteiger partial charge in [0.05, 0.1) is 5.56 Å². The molecule has 1 heterocycles. The fourth-order valence-electron chi connectivity index (χ4n) is 3.58. The second kappa shape index (κ2) is 6.80. The number of carbonyl (C=O) groups excluding carboxylic acids is 1. The molecule has 1 saturated heterocycles. The second-order valence-corrected chi connectivity index (χ2v) is 7.72. The zero-order valence-corrected chi connectivity index (χ0v) is 15.2. The number of nitrogens with two attached hydrogens (primary N) is 1. The molecule has 1 aliphatic carbocycles. The zero-order chi connectivity index (χ0) is 17.7. The minimum atomic E-state index is -4.35. The van der Waals surface area contributed by atoms with Gasteiger partial charge in [0.25, 0.3) is 0 Å². The number of piperidine rings is 1. The maximum absolute atomic E-state index is 12.8. The van der Waals surface area contributed by atoms with Crippen LogP contribution >= 0.6 is 12.4 Å². The van der Waals surface area contributed by atoms with Crippen LogP contribution in [0.25, 0.3) is 0 Å². The Hall–Kier alpha value is -1.27. The lowest BCUT2D eigenvalue weighted by Crippen LogP contribution is -2.54. The number of carbonyl (C=O) groups is 1. The van der Waals surface area contributed by atoms with Gasteiger partial charge < -0.3 is 10.6 Å². The van der Waals surface area contributed by atoms with Gasteiger partial charge in [0, 0.05) is 25.0 Å². The third-order valence-corrected chi connectivity index (χ3v) is 5.37. The molecule has 2 fully saturated rings. The summed E-state index contributed by atoms with van der Waals surface area (Å²) in [5.41, 5.74) is 5.93. The standard InChI is InChI=1S/C18H23F3N2O.ClH/c1-17(2)10-23(7-6-15(17)22)16(24)14-9-13(14)11-4-3-5-12(8-11)18(19,20)21;/h3-5,8,13-15H,6-7,9-10,22H2,1-2H3;1H. The average Bonchev–Trinajstić information content (AvgIpc) is 3.29. The highest BCUT2D eigenvalue weighted by Gasteiger charge is 2.48. The molecule has 1 aromatic carbocycles. The molecular formula is C18H24ClF3N2O. The maximum atomic E-state index is 12.8. The smallest absolute Gasteiger partial charge is 0.342 e. The van der Waals surface area contributed by atoms with Crippen LogP contribution in [0.5, 0.6) is 0 Å². The van der Waals surface area contributed by atoms with Gasteiger partial charge in [0.2, 0.25) is 5.91 Å². The van der Waals surface area contributed by atoms with Crippen LogP contribution in [0.15, 0.2) is 24.3 Å². The van der Waals surface area contributed by atoms with Crippen molar-refractivity contribution in [3.8, 4) is 0 Å². The first-order chi connectivity index (χ1) is 11.1. The van der Waals surface area contributed by atoms with E-state index >= 15 is 0 Å². The Morgan fingerprint density at radius 2 is 2.00 bits per heavy atom. The van der Waals surface area contributed by atoms with Crippen LogP contribution in [0, 0.1) is 11.3 Å². The Kier molecular flexibility index (Phi) is 5.45. The second-order valence-electron chi connectivity index (χ2n) is 7.72.